The van der Waals surface area contributed by atoms with E-state index >= 15 is 0 Å². The van der Waals surface area contributed by atoms with Crippen LogP contribution in [-0.2, 0) is 0 Å². The molecule has 1 aromatic carbocycles. The van der Waals surface area contributed by atoms with Crippen LogP contribution in [0.1, 0.15) is 16.8 Å². The fraction of sp³-hybridized carbons (Fsp3) is 0.182. The SMILES string of the molecule is Cc1[nH]c2c(C#N)c(F)c(F)c(Br)c2c1C. The zero-order valence-electron chi connectivity index (χ0n) is 8.58. The number of fused-ring (bicyclic) bond motifs is 1. The number of aromatic amines is 1. The normalized spacial score (nSPS) is 10.8. The Morgan fingerprint density at radius 2 is 1.88 bits per heavy atom. The molecule has 82 valence electrons. The number of hydrogen-bond donors (Lipinski definition) is 1. The number of nitriles is 1. The Balaban J connectivity index is 3.12. The summed E-state index contributed by atoms with van der Waals surface area (Å²) in [7, 11) is 0. The number of halogens is 3. The minimum atomic E-state index is -1.12. The molecule has 0 aliphatic rings. The predicted octanol–water partition coefficient (Wildman–Crippen LogP) is 3.70. The van der Waals surface area contributed by atoms with Gasteiger partial charge in [-0.1, -0.05) is 0 Å². The molecule has 0 saturated heterocycles. The van der Waals surface area contributed by atoms with Crippen molar-refractivity contribution in [2.45, 2.75) is 13.8 Å². The lowest BCUT2D eigenvalue weighted by Gasteiger charge is -2.02. The molecular weight excluding hydrogens is 278 g/mol. The topological polar surface area (TPSA) is 39.6 Å². The van der Waals surface area contributed by atoms with Crippen LogP contribution in [0.4, 0.5) is 8.78 Å². The van der Waals surface area contributed by atoms with E-state index in [1.165, 1.54) is 0 Å². The van der Waals surface area contributed by atoms with Crippen molar-refractivity contribution in [2.24, 2.45) is 0 Å². The third kappa shape index (κ3) is 1.26. The van der Waals surface area contributed by atoms with Crippen LogP contribution < -0.4 is 0 Å². The zero-order chi connectivity index (χ0) is 12.0. The van der Waals surface area contributed by atoms with E-state index in [-0.39, 0.29) is 10.0 Å². The minimum absolute atomic E-state index is 0.0563. The molecule has 0 bridgehead atoms. The molecular formula is C11H7BrF2N2. The average Bonchev–Trinajstić information content (AvgIpc) is 2.53. The number of nitrogens with one attached hydrogen (secondary N) is 1. The minimum Gasteiger partial charge on any atom is -0.357 e. The maximum absolute atomic E-state index is 13.5. The quantitative estimate of drug-likeness (QED) is 0.736. The summed E-state index contributed by atoms with van der Waals surface area (Å²) in [6, 6.07) is 1.68. The van der Waals surface area contributed by atoms with E-state index in [4.69, 9.17) is 5.26 Å². The molecule has 0 spiro atoms. The molecule has 0 aliphatic carbocycles. The first-order valence-corrected chi connectivity index (χ1v) is 5.33. The van der Waals surface area contributed by atoms with Crippen LogP contribution in [-0.4, -0.2) is 4.98 Å². The van der Waals surface area contributed by atoms with Gasteiger partial charge in [0.05, 0.1) is 9.99 Å². The first kappa shape index (κ1) is 11.1. The largest absolute Gasteiger partial charge is 0.357 e. The number of rotatable bonds is 0. The van der Waals surface area contributed by atoms with Gasteiger partial charge in [0.25, 0.3) is 0 Å². The van der Waals surface area contributed by atoms with E-state index in [0.717, 1.165) is 11.3 Å². The Bertz CT molecular complexity index is 638. The van der Waals surface area contributed by atoms with Crippen LogP contribution in [0.2, 0.25) is 0 Å². The molecule has 0 radical (unpaired) electrons. The number of hydrogen-bond acceptors (Lipinski definition) is 1. The van der Waals surface area contributed by atoms with Crippen molar-refractivity contribution in [1.29, 1.82) is 5.26 Å². The number of H-pyrrole nitrogens is 1. The van der Waals surface area contributed by atoms with Gasteiger partial charge >= 0.3 is 0 Å². The Morgan fingerprint density at radius 3 is 2.44 bits per heavy atom. The maximum Gasteiger partial charge on any atom is 0.179 e. The zero-order valence-corrected chi connectivity index (χ0v) is 10.2. The van der Waals surface area contributed by atoms with Gasteiger partial charge in [-0.05, 0) is 35.3 Å². The van der Waals surface area contributed by atoms with Crippen LogP contribution in [0.15, 0.2) is 4.47 Å². The predicted molar refractivity (Wildman–Crippen MR) is 60.1 cm³/mol. The molecule has 2 aromatic rings. The molecule has 0 amide bonds. The summed E-state index contributed by atoms with van der Waals surface area (Å²) in [5.41, 5.74) is 1.64. The summed E-state index contributed by atoms with van der Waals surface area (Å²) in [5, 5.41) is 9.36. The molecule has 0 atom stereocenters. The molecule has 1 N–H and O–H groups in total. The van der Waals surface area contributed by atoms with Crippen molar-refractivity contribution in [3.63, 3.8) is 0 Å². The monoisotopic (exact) mass is 284 g/mol. The van der Waals surface area contributed by atoms with Gasteiger partial charge in [-0.2, -0.15) is 5.26 Å². The molecule has 0 unspecified atom stereocenters. The summed E-state index contributed by atoms with van der Waals surface area (Å²) < 4.78 is 27.1. The number of aryl methyl sites for hydroxylation is 2. The maximum atomic E-state index is 13.5. The summed E-state index contributed by atoms with van der Waals surface area (Å²) in [4.78, 5) is 2.90. The first-order valence-electron chi connectivity index (χ1n) is 4.54. The molecule has 2 nitrogen and oxygen atoms in total. The Kier molecular flexibility index (Phi) is 2.47. The van der Waals surface area contributed by atoms with Crippen molar-refractivity contribution in [3.8, 4) is 6.07 Å². The highest BCUT2D eigenvalue weighted by Gasteiger charge is 2.21. The molecule has 0 aliphatic heterocycles. The van der Waals surface area contributed by atoms with E-state index in [1.807, 2.05) is 0 Å². The molecule has 5 heteroatoms. The third-order valence-corrected chi connectivity index (χ3v) is 3.43. The van der Waals surface area contributed by atoms with E-state index < -0.39 is 11.6 Å². The second-order valence-corrected chi connectivity index (χ2v) is 4.35. The van der Waals surface area contributed by atoms with Crippen LogP contribution >= 0.6 is 15.9 Å². The van der Waals surface area contributed by atoms with Crippen molar-refractivity contribution in [3.05, 3.63) is 32.9 Å². The van der Waals surface area contributed by atoms with Gasteiger partial charge in [-0.25, -0.2) is 8.78 Å². The highest BCUT2D eigenvalue weighted by atomic mass is 79.9. The molecule has 0 fully saturated rings. The lowest BCUT2D eigenvalue weighted by atomic mass is 10.1. The number of benzene rings is 1. The average molecular weight is 285 g/mol. The van der Waals surface area contributed by atoms with Crippen LogP contribution in [0.5, 0.6) is 0 Å². The van der Waals surface area contributed by atoms with Crippen LogP contribution in [0.25, 0.3) is 10.9 Å². The van der Waals surface area contributed by atoms with Crippen LogP contribution in [0.3, 0.4) is 0 Å². The standard InChI is InChI=1S/C11H7BrF2N2/c1-4-5(2)16-11-6(3-15)9(13)10(14)8(12)7(4)11/h16H,1-2H3. The van der Waals surface area contributed by atoms with Crippen molar-refractivity contribution in [1.82, 2.24) is 4.98 Å². The van der Waals surface area contributed by atoms with Gasteiger partial charge in [0.1, 0.15) is 11.6 Å². The van der Waals surface area contributed by atoms with Gasteiger partial charge < -0.3 is 4.98 Å². The van der Waals surface area contributed by atoms with E-state index in [1.54, 1.807) is 19.9 Å². The molecule has 1 aromatic heterocycles. The van der Waals surface area contributed by atoms with E-state index in [2.05, 4.69) is 20.9 Å². The molecule has 2 rings (SSSR count). The smallest absolute Gasteiger partial charge is 0.179 e. The highest BCUT2D eigenvalue weighted by molar-refractivity contribution is 9.10. The fourth-order valence-electron chi connectivity index (χ4n) is 1.71. The van der Waals surface area contributed by atoms with Crippen molar-refractivity contribution < 1.29 is 8.78 Å². The van der Waals surface area contributed by atoms with E-state index in [9.17, 15) is 8.78 Å². The molecule has 16 heavy (non-hydrogen) atoms. The van der Waals surface area contributed by atoms with Crippen molar-refractivity contribution in [2.75, 3.05) is 0 Å². The molecule has 1 heterocycles. The molecule has 0 saturated carbocycles. The Hall–Kier alpha value is -1.41. The fourth-order valence-corrected chi connectivity index (χ4v) is 2.38. The van der Waals surface area contributed by atoms with Gasteiger partial charge in [0.15, 0.2) is 11.6 Å². The third-order valence-electron chi connectivity index (χ3n) is 2.69. The summed E-state index contributed by atoms with van der Waals surface area (Å²) in [6.07, 6.45) is 0. The second-order valence-electron chi connectivity index (χ2n) is 3.55. The Labute approximate surface area is 99.0 Å². The highest BCUT2D eigenvalue weighted by Crippen LogP contribution is 2.35. The van der Waals surface area contributed by atoms with Gasteiger partial charge in [0, 0.05) is 11.1 Å². The Morgan fingerprint density at radius 1 is 1.25 bits per heavy atom. The van der Waals surface area contributed by atoms with Crippen molar-refractivity contribution >= 4 is 26.8 Å². The van der Waals surface area contributed by atoms with Gasteiger partial charge in [-0.3, -0.25) is 0 Å². The number of aromatic nitrogens is 1. The summed E-state index contributed by atoms with van der Waals surface area (Å²) in [6.45, 7) is 3.58. The van der Waals surface area contributed by atoms with Crippen LogP contribution in [0, 0.1) is 36.8 Å². The lowest BCUT2D eigenvalue weighted by molar-refractivity contribution is 0.504. The lowest BCUT2D eigenvalue weighted by Crippen LogP contribution is -1.94. The second kappa shape index (κ2) is 3.56. The summed E-state index contributed by atoms with van der Waals surface area (Å²) in [5.74, 6) is -2.14. The first-order chi connectivity index (χ1) is 7.49. The van der Waals surface area contributed by atoms with Gasteiger partial charge in [-0.15, -0.1) is 0 Å². The van der Waals surface area contributed by atoms with E-state index in [0.29, 0.717) is 10.9 Å². The van der Waals surface area contributed by atoms with Gasteiger partial charge in [0.2, 0.25) is 0 Å². The number of nitrogens with zero attached hydrogens (tertiary/aromatic N) is 1. The summed E-state index contributed by atoms with van der Waals surface area (Å²) >= 11 is 3.01.